The summed E-state index contributed by atoms with van der Waals surface area (Å²) in [5.41, 5.74) is 3.45. The molecule has 3 aromatic rings. The summed E-state index contributed by atoms with van der Waals surface area (Å²) in [5, 5.41) is 6.94. The number of urea groups is 1. The fourth-order valence-corrected chi connectivity index (χ4v) is 3.00. The van der Waals surface area contributed by atoms with Gasteiger partial charge in [-0.3, -0.25) is 0 Å². The van der Waals surface area contributed by atoms with Gasteiger partial charge in [-0.15, -0.1) is 0 Å². The lowest BCUT2D eigenvalue weighted by Gasteiger charge is -2.18. The van der Waals surface area contributed by atoms with Crippen molar-refractivity contribution in [2.24, 2.45) is 0 Å². The predicted molar refractivity (Wildman–Crippen MR) is 99.9 cm³/mol. The zero-order valence-corrected chi connectivity index (χ0v) is 14.3. The molecule has 0 aliphatic heterocycles. The van der Waals surface area contributed by atoms with E-state index in [-0.39, 0.29) is 11.9 Å². The van der Waals surface area contributed by atoms with Crippen LogP contribution in [-0.2, 0) is 4.74 Å². The van der Waals surface area contributed by atoms with E-state index in [0.29, 0.717) is 19.7 Å². The fourth-order valence-electron chi connectivity index (χ4n) is 3.00. The van der Waals surface area contributed by atoms with Crippen molar-refractivity contribution in [2.45, 2.75) is 5.92 Å². The Bertz CT molecular complexity index is 814. The summed E-state index contributed by atoms with van der Waals surface area (Å²) in [6, 6.07) is 18.3. The van der Waals surface area contributed by atoms with Crippen molar-refractivity contribution in [3.8, 4) is 0 Å². The first-order chi connectivity index (χ1) is 12.3. The molecule has 0 saturated heterocycles. The maximum Gasteiger partial charge on any atom is 0.314 e. The molecule has 0 unspecified atom stereocenters. The van der Waals surface area contributed by atoms with Crippen molar-refractivity contribution in [1.82, 2.24) is 15.6 Å². The van der Waals surface area contributed by atoms with Gasteiger partial charge in [0.15, 0.2) is 0 Å². The van der Waals surface area contributed by atoms with Crippen LogP contribution in [0, 0.1) is 0 Å². The Hall–Kier alpha value is -2.79. The Labute approximate surface area is 147 Å². The molecule has 1 heterocycles. The predicted octanol–water partition coefficient (Wildman–Crippen LogP) is 3.25. The largest absolute Gasteiger partial charge is 0.383 e. The number of rotatable bonds is 7. The maximum atomic E-state index is 12.0. The zero-order valence-electron chi connectivity index (χ0n) is 14.3. The molecule has 1 atom stereocenters. The first-order valence-electron chi connectivity index (χ1n) is 8.41. The van der Waals surface area contributed by atoms with Crippen LogP contribution >= 0.6 is 0 Å². The van der Waals surface area contributed by atoms with Crippen molar-refractivity contribution < 1.29 is 9.53 Å². The number of hydrogen-bond acceptors (Lipinski definition) is 2. The van der Waals surface area contributed by atoms with Gasteiger partial charge < -0.3 is 20.4 Å². The zero-order chi connectivity index (χ0) is 17.5. The van der Waals surface area contributed by atoms with Crippen LogP contribution in [0.15, 0.2) is 60.8 Å². The van der Waals surface area contributed by atoms with E-state index in [4.69, 9.17) is 4.74 Å². The summed E-state index contributed by atoms with van der Waals surface area (Å²) in [6.07, 6.45) is 2.03. The van der Waals surface area contributed by atoms with Crippen LogP contribution in [0.2, 0.25) is 0 Å². The normalized spacial score (nSPS) is 12.0. The molecule has 0 bridgehead atoms. The molecule has 130 valence electrons. The Morgan fingerprint density at radius 2 is 1.84 bits per heavy atom. The van der Waals surface area contributed by atoms with Gasteiger partial charge in [0.1, 0.15) is 0 Å². The molecule has 5 nitrogen and oxygen atoms in total. The minimum atomic E-state index is -0.183. The molecule has 2 amide bonds. The van der Waals surface area contributed by atoms with Crippen LogP contribution in [0.4, 0.5) is 4.79 Å². The highest BCUT2D eigenvalue weighted by Crippen LogP contribution is 2.30. The Kier molecular flexibility index (Phi) is 5.69. The molecular weight excluding hydrogens is 314 g/mol. The highest BCUT2D eigenvalue weighted by molar-refractivity contribution is 5.84. The third kappa shape index (κ3) is 4.19. The molecule has 0 fully saturated rings. The minimum Gasteiger partial charge on any atom is -0.383 e. The number of hydrogen-bond donors (Lipinski definition) is 3. The second kappa shape index (κ2) is 8.35. The van der Waals surface area contributed by atoms with E-state index in [1.807, 2.05) is 36.5 Å². The monoisotopic (exact) mass is 337 g/mol. The van der Waals surface area contributed by atoms with Gasteiger partial charge in [0.05, 0.1) is 6.61 Å². The summed E-state index contributed by atoms with van der Waals surface area (Å²) < 4.78 is 4.95. The average molecular weight is 337 g/mol. The van der Waals surface area contributed by atoms with E-state index in [1.54, 1.807) is 7.11 Å². The van der Waals surface area contributed by atoms with E-state index in [9.17, 15) is 4.79 Å². The van der Waals surface area contributed by atoms with Crippen LogP contribution in [0.25, 0.3) is 10.9 Å². The van der Waals surface area contributed by atoms with Gasteiger partial charge in [0.25, 0.3) is 0 Å². The lowest BCUT2D eigenvalue weighted by Crippen LogP contribution is -2.39. The summed E-state index contributed by atoms with van der Waals surface area (Å²) in [7, 11) is 1.61. The number of ether oxygens (including phenoxy) is 1. The van der Waals surface area contributed by atoms with Crippen molar-refractivity contribution in [3.05, 3.63) is 71.9 Å². The molecule has 5 heteroatoms. The second-order valence-electron chi connectivity index (χ2n) is 5.88. The fraction of sp³-hybridized carbons (Fsp3) is 0.250. The molecule has 2 aromatic carbocycles. The van der Waals surface area contributed by atoms with Crippen molar-refractivity contribution >= 4 is 16.9 Å². The van der Waals surface area contributed by atoms with Gasteiger partial charge in [-0.05, 0) is 17.2 Å². The number of amides is 2. The standard InChI is InChI=1S/C20H23N3O2/c1-25-12-11-21-20(24)23-13-17(15-7-3-2-4-8-15)18-14-22-19-10-6-5-9-16(18)19/h2-10,14,17,22H,11-13H2,1H3,(H2,21,23,24)/t17-/m1/s1. The highest BCUT2D eigenvalue weighted by atomic mass is 16.5. The maximum absolute atomic E-state index is 12.0. The van der Waals surface area contributed by atoms with Crippen LogP contribution in [0.1, 0.15) is 17.0 Å². The molecule has 3 N–H and O–H groups in total. The molecular formula is C20H23N3O2. The molecule has 1 aromatic heterocycles. The van der Waals surface area contributed by atoms with Crippen molar-refractivity contribution in [3.63, 3.8) is 0 Å². The number of methoxy groups -OCH3 is 1. The van der Waals surface area contributed by atoms with Crippen molar-refractivity contribution in [2.75, 3.05) is 26.8 Å². The number of aromatic amines is 1. The molecule has 3 rings (SSSR count). The van der Waals surface area contributed by atoms with Gasteiger partial charge in [-0.25, -0.2) is 4.79 Å². The SMILES string of the molecule is COCCNC(=O)NC[C@H](c1ccccc1)c1c[nH]c2ccccc12. The van der Waals surface area contributed by atoms with Gasteiger partial charge in [-0.1, -0.05) is 48.5 Å². The molecule has 0 radical (unpaired) electrons. The summed E-state index contributed by atoms with van der Waals surface area (Å²) in [5.74, 6) is 0.0746. The molecule has 0 spiro atoms. The van der Waals surface area contributed by atoms with Crippen LogP contribution in [-0.4, -0.2) is 37.8 Å². The van der Waals surface area contributed by atoms with E-state index in [1.165, 1.54) is 16.5 Å². The van der Waals surface area contributed by atoms with Gasteiger partial charge in [0, 0.05) is 43.2 Å². The summed E-state index contributed by atoms with van der Waals surface area (Å²) in [6.45, 7) is 1.51. The third-order valence-corrected chi connectivity index (χ3v) is 4.26. The second-order valence-corrected chi connectivity index (χ2v) is 5.88. The highest BCUT2D eigenvalue weighted by Gasteiger charge is 2.18. The van der Waals surface area contributed by atoms with Crippen LogP contribution < -0.4 is 10.6 Å². The molecule has 0 saturated carbocycles. The number of H-pyrrole nitrogens is 1. The van der Waals surface area contributed by atoms with E-state index >= 15 is 0 Å². The Balaban J connectivity index is 1.80. The lowest BCUT2D eigenvalue weighted by molar-refractivity contribution is 0.196. The number of aromatic nitrogens is 1. The first kappa shape index (κ1) is 17.0. The number of nitrogens with one attached hydrogen (secondary N) is 3. The van der Waals surface area contributed by atoms with Crippen molar-refractivity contribution in [1.29, 1.82) is 0 Å². The first-order valence-corrected chi connectivity index (χ1v) is 8.41. The van der Waals surface area contributed by atoms with E-state index in [2.05, 4.69) is 39.9 Å². The lowest BCUT2D eigenvalue weighted by atomic mass is 9.91. The third-order valence-electron chi connectivity index (χ3n) is 4.26. The topological polar surface area (TPSA) is 66.2 Å². The number of fused-ring (bicyclic) bond motifs is 1. The average Bonchev–Trinajstić information content (AvgIpc) is 3.07. The van der Waals surface area contributed by atoms with E-state index < -0.39 is 0 Å². The Morgan fingerprint density at radius 3 is 2.64 bits per heavy atom. The number of carbonyl (C=O) groups is 1. The molecule has 0 aliphatic carbocycles. The number of carbonyl (C=O) groups excluding carboxylic acids is 1. The van der Waals surface area contributed by atoms with Gasteiger partial charge in [-0.2, -0.15) is 0 Å². The molecule has 0 aliphatic rings. The summed E-state index contributed by atoms with van der Waals surface area (Å²) >= 11 is 0. The Morgan fingerprint density at radius 1 is 1.08 bits per heavy atom. The minimum absolute atomic E-state index is 0.0746. The van der Waals surface area contributed by atoms with Gasteiger partial charge >= 0.3 is 6.03 Å². The summed E-state index contributed by atoms with van der Waals surface area (Å²) in [4.78, 5) is 15.3. The smallest absolute Gasteiger partial charge is 0.314 e. The van der Waals surface area contributed by atoms with Crippen LogP contribution in [0.3, 0.4) is 0 Å². The van der Waals surface area contributed by atoms with E-state index in [0.717, 1.165) is 5.52 Å². The molecule has 25 heavy (non-hydrogen) atoms. The number of para-hydroxylation sites is 1. The number of benzene rings is 2. The quantitative estimate of drug-likeness (QED) is 0.580. The van der Waals surface area contributed by atoms with Crippen LogP contribution in [0.5, 0.6) is 0 Å². The van der Waals surface area contributed by atoms with Gasteiger partial charge in [0.2, 0.25) is 0 Å².